The molecule has 2 heterocycles. The summed E-state index contributed by atoms with van der Waals surface area (Å²) >= 11 is 0. The lowest BCUT2D eigenvalue weighted by Gasteiger charge is -2.13. The van der Waals surface area contributed by atoms with Crippen molar-refractivity contribution in [2.24, 2.45) is 0 Å². The fourth-order valence-electron chi connectivity index (χ4n) is 3.12. The molecule has 1 aromatic heterocycles. The molecule has 1 aliphatic heterocycles. The summed E-state index contributed by atoms with van der Waals surface area (Å²) in [6.07, 6.45) is 2.84. The molecule has 0 fully saturated rings. The van der Waals surface area contributed by atoms with Crippen molar-refractivity contribution in [1.82, 2.24) is 4.98 Å². The molecule has 0 aliphatic carbocycles. The Morgan fingerprint density at radius 3 is 2.64 bits per heavy atom. The molecule has 25 heavy (non-hydrogen) atoms. The van der Waals surface area contributed by atoms with E-state index in [-0.39, 0.29) is 0 Å². The summed E-state index contributed by atoms with van der Waals surface area (Å²) in [6, 6.07) is 18.4. The average molecular weight is 332 g/mol. The molecule has 0 spiro atoms. The van der Waals surface area contributed by atoms with Gasteiger partial charge >= 0.3 is 0 Å². The lowest BCUT2D eigenvalue weighted by Crippen LogP contribution is -2.03. The summed E-state index contributed by atoms with van der Waals surface area (Å²) in [4.78, 5) is 4.62. The van der Waals surface area contributed by atoms with Crippen LogP contribution in [-0.2, 0) is 13.0 Å². The molecule has 0 amide bonds. The summed E-state index contributed by atoms with van der Waals surface area (Å²) in [6.45, 7) is 1.43. The van der Waals surface area contributed by atoms with Gasteiger partial charge in [0.2, 0.25) is 0 Å². The minimum absolute atomic E-state index is 0.699. The molecule has 2 aromatic carbocycles. The van der Waals surface area contributed by atoms with Gasteiger partial charge in [-0.3, -0.25) is 0 Å². The zero-order valence-corrected chi connectivity index (χ0v) is 14.2. The van der Waals surface area contributed by atoms with Crippen LogP contribution in [0.3, 0.4) is 0 Å². The number of methoxy groups -OCH3 is 1. The predicted molar refractivity (Wildman–Crippen MR) is 99.2 cm³/mol. The second kappa shape index (κ2) is 6.85. The van der Waals surface area contributed by atoms with Gasteiger partial charge in [0.05, 0.1) is 13.7 Å². The molecule has 1 aliphatic rings. The van der Waals surface area contributed by atoms with Crippen LogP contribution in [0.15, 0.2) is 60.8 Å². The number of rotatable bonds is 5. The van der Waals surface area contributed by atoms with Crippen LogP contribution in [0.4, 0.5) is 5.82 Å². The molecule has 4 nitrogen and oxygen atoms in total. The number of hydrogen-bond acceptors (Lipinski definition) is 4. The van der Waals surface area contributed by atoms with E-state index >= 15 is 0 Å². The van der Waals surface area contributed by atoms with Crippen molar-refractivity contribution in [2.75, 3.05) is 19.0 Å². The third-order valence-corrected chi connectivity index (χ3v) is 4.44. The van der Waals surface area contributed by atoms with Crippen molar-refractivity contribution in [3.63, 3.8) is 0 Å². The highest BCUT2D eigenvalue weighted by molar-refractivity contribution is 5.74. The molecule has 4 heteroatoms. The maximum Gasteiger partial charge on any atom is 0.169 e. The van der Waals surface area contributed by atoms with Gasteiger partial charge in [-0.2, -0.15) is 0 Å². The maximum absolute atomic E-state index is 5.88. The van der Waals surface area contributed by atoms with Crippen LogP contribution in [0.5, 0.6) is 11.5 Å². The Kier molecular flexibility index (Phi) is 4.25. The van der Waals surface area contributed by atoms with Gasteiger partial charge < -0.3 is 14.8 Å². The van der Waals surface area contributed by atoms with Crippen LogP contribution in [0.1, 0.15) is 11.1 Å². The Labute approximate surface area is 147 Å². The Morgan fingerprint density at radius 1 is 1.08 bits per heavy atom. The summed E-state index contributed by atoms with van der Waals surface area (Å²) in [7, 11) is 1.68. The van der Waals surface area contributed by atoms with Crippen LogP contribution in [0.25, 0.3) is 11.1 Å². The van der Waals surface area contributed by atoms with E-state index in [0.29, 0.717) is 6.61 Å². The topological polar surface area (TPSA) is 43.4 Å². The second-order valence-electron chi connectivity index (χ2n) is 5.99. The fraction of sp³-hybridized carbons (Fsp3) is 0.190. The van der Waals surface area contributed by atoms with E-state index < -0.39 is 0 Å². The van der Waals surface area contributed by atoms with Gasteiger partial charge in [-0.1, -0.05) is 42.5 Å². The number of nitrogens with one attached hydrogen (secondary N) is 1. The number of fused-ring (bicyclic) bond motifs is 1. The fourth-order valence-corrected chi connectivity index (χ4v) is 3.12. The lowest BCUT2D eigenvalue weighted by atomic mass is 10.00. The molecule has 0 saturated heterocycles. The Bertz CT molecular complexity index is 861. The summed E-state index contributed by atoms with van der Waals surface area (Å²) < 4.78 is 11.1. The number of pyridine rings is 1. The number of anilines is 1. The molecule has 0 unspecified atom stereocenters. The first kappa shape index (κ1) is 15.5. The van der Waals surface area contributed by atoms with Gasteiger partial charge in [0, 0.05) is 30.3 Å². The average Bonchev–Trinajstić information content (AvgIpc) is 3.17. The predicted octanol–water partition coefficient (Wildman–Crippen LogP) is 4.30. The first-order valence-corrected chi connectivity index (χ1v) is 8.42. The quantitative estimate of drug-likeness (QED) is 0.756. The maximum atomic E-state index is 5.88. The molecule has 126 valence electrons. The van der Waals surface area contributed by atoms with E-state index in [1.54, 1.807) is 7.11 Å². The van der Waals surface area contributed by atoms with Gasteiger partial charge in [-0.05, 0) is 23.3 Å². The second-order valence-corrected chi connectivity index (χ2v) is 5.99. The van der Waals surface area contributed by atoms with E-state index in [1.165, 1.54) is 11.1 Å². The van der Waals surface area contributed by atoms with Gasteiger partial charge in [-0.15, -0.1) is 0 Å². The highest BCUT2D eigenvalue weighted by atomic mass is 16.5. The largest absolute Gasteiger partial charge is 0.497 e. The van der Waals surface area contributed by atoms with Crippen LogP contribution in [0.2, 0.25) is 0 Å². The van der Waals surface area contributed by atoms with E-state index in [9.17, 15) is 0 Å². The minimum atomic E-state index is 0.699. The molecule has 0 bridgehead atoms. The number of ether oxygens (including phenoxy) is 2. The monoisotopic (exact) mass is 332 g/mol. The third-order valence-electron chi connectivity index (χ3n) is 4.44. The summed E-state index contributed by atoms with van der Waals surface area (Å²) in [5.74, 6) is 2.55. The lowest BCUT2D eigenvalue weighted by molar-refractivity contribution is 0.357. The number of nitrogens with zero attached hydrogens (tertiary/aromatic N) is 1. The van der Waals surface area contributed by atoms with Crippen LogP contribution < -0.4 is 14.8 Å². The SMILES string of the molecule is COc1ccc(-c2cnc(NCc3ccccc3)c3c2CCO3)cc1. The highest BCUT2D eigenvalue weighted by Crippen LogP contribution is 2.39. The number of benzene rings is 2. The van der Waals surface area contributed by atoms with Gasteiger partial charge in [0.25, 0.3) is 0 Å². The third kappa shape index (κ3) is 3.15. The van der Waals surface area contributed by atoms with E-state index in [4.69, 9.17) is 9.47 Å². The van der Waals surface area contributed by atoms with Crippen molar-refractivity contribution in [3.05, 3.63) is 71.9 Å². The van der Waals surface area contributed by atoms with Crippen molar-refractivity contribution >= 4 is 5.82 Å². The highest BCUT2D eigenvalue weighted by Gasteiger charge is 2.22. The van der Waals surface area contributed by atoms with E-state index in [1.807, 2.05) is 36.5 Å². The Hall–Kier alpha value is -3.01. The summed E-state index contributed by atoms with van der Waals surface area (Å²) in [5, 5.41) is 3.40. The Balaban J connectivity index is 1.62. The van der Waals surface area contributed by atoms with Gasteiger partial charge in [0.15, 0.2) is 11.6 Å². The number of aromatic nitrogens is 1. The molecule has 0 saturated carbocycles. The molecular weight excluding hydrogens is 312 g/mol. The zero-order valence-electron chi connectivity index (χ0n) is 14.2. The van der Waals surface area contributed by atoms with Crippen molar-refractivity contribution in [1.29, 1.82) is 0 Å². The van der Waals surface area contributed by atoms with Gasteiger partial charge in [-0.25, -0.2) is 4.98 Å². The van der Waals surface area contributed by atoms with E-state index in [0.717, 1.165) is 41.4 Å². The van der Waals surface area contributed by atoms with Crippen molar-refractivity contribution in [3.8, 4) is 22.6 Å². The minimum Gasteiger partial charge on any atom is -0.497 e. The Morgan fingerprint density at radius 2 is 1.88 bits per heavy atom. The van der Waals surface area contributed by atoms with Crippen molar-refractivity contribution < 1.29 is 9.47 Å². The first-order chi connectivity index (χ1) is 12.3. The van der Waals surface area contributed by atoms with Crippen LogP contribution in [-0.4, -0.2) is 18.7 Å². The van der Waals surface area contributed by atoms with Crippen molar-refractivity contribution in [2.45, 2.75) is 13.0 Å². The smallest absolute Gasteiger partial charge is 0.169 e. The molecule has 3 aromatic rings. The van der Waals surface area contributed by atoms with E-state index in [2.05, 4.69) is 34.6 Å². The first-order valence-electron chi connectivity index (χ1n) is 8.42. The molecule has 1 N–H and O–H groups in total. The van der Waals surface area contributed by atoms with Crippen LogP contribution in [0, 0.1) is 0 Å². The number of hydrogen-bond donors (Lipinski definition) is 1. The van der Waals surface area contributed by atoms with Crippen LogP contribution >= 0.6 is 0 Å². The standard InChI is InChI=1S/C21H20N2O2/c1-24-17-9-7-16(8-10-17)19-14-23-21(20-18(19)11-12-25-20)22-13-15-5-3-2-4-6-15/h2-10,14H,11-13H2,1H3,(H,22,23). The summed E-state index contributed by atoms with van der Waals surface area (Å²) in [5.41, 5.74) is 4.69. The molecule has 4 rings (SSSR count). The zero-order chi connectivity index (χ0) is 17.1. The molecule has 0 atom stereocenters. The van der Waals surface area contributed by atoms with Gasteiger partial charge in [0.1, 0.15) is 5.75 Å². The normalized spacial score (nSPS) is 12.4. The molecule has 0 radical (unpaired) electrons. The molecular formula is C21H20N2O2.